The van der Waals surface area contributed by atoms with Crippen molar-refractivity contribution in [3.63, 3.8) is 0 Å². The summed E-state index contributed by atoms with van der Waals surface area (Å²) in [5, 5.41) is 0. The molecule has 7 heteroatoms. The number of nitrogens with two attached hydrogens (primary N) is 1. The van der Waals surface area contributed by atoms with E-state index in [1.54, 1.807) is 12.7 Å². The number of rotatable bonds is 7. The lowest BCUT2D eigenvalue weighted by Gasteiger charge is -2.23. The first-order chi connectivity index (χ1) is 9.31. The number of hydrogen-bond donors (Lipinski definition) is 2. The second-order valence-electron chi connectivity index (χ2n) is 4.85. The van der Waals surface area contributed by atoms with Crippen LogP contribution in [0.4, 0.5) is 0 Å². The van der Waals surface area contributed by atoms with E-state index in [4.69, 9.17) is 15.0 Å². The zero-order valence-electron chi connectivity index (χ0n) is 12.1. The van der Waals surface area contributed by atoms with Crippen LogP contribution in [0.15, 0.2) is 30.0 Å². The Morgan fingerprint density at radius 3 is 2.95 bits per heavy atom. The Kier molecular flexibility index (Phi) is 6.49. The number of hydrogen-bond acceptors (Lipinski definition) is 5. The van der Waals surface area contributed by atoms with Crippen LogP contribution in [0.2, 0.25) is 0 Å². The number of amidine groups is 1. The largest absolute Gasteiger partial charge is 0.384 e. The third kappa shape index (κ3) is 6.39. The molecule has 3 N–H and O–H groups in total. The molecule has 0 aromatic rings. The fourth-order valence-corrected chi connectivity index (χ4v) is 2.28. The maximum atomic E-state index is 9.51. The number of aliphatic imine (C=N–C) groups is 1. The van der Waals surface area contributed by atoms with E-state index in [-0.39, 0.29) is 12.3 Å². The predicted molar refractivity (Wildman–Crippen MR) is 84.8 cm³/mol. The van der Waals surface area contributed by atoms with E-state index in [0.29, 0.717) is 12.4 Å². The standard InChI is InChI=1S/C13H24N3O3P/c1-5-15-12(14)8-9-16(2)13-7-6-11(19-13)10-18-20(3,4)17/h5,8-9,11,13,17H,1,3,6-7,10H2,2,4H3,(H2,14,15)/b9-8-. The summed E-state index contributed by atoms with van der Waals surface area (Å²) in [4.78, 5) is 15.3. The molecule has 20 heavy (non-hydrogen) atoms. The monoisotopic (exact) mass is 301 g/mol. The molecule has 1 fully saturated rings. The average Bonchev–Trinajstić information content (AvgIpc) is 2.82. The van der Waals surface area contributed by atoms with E-state index in [1.165, 1.54) is 6.20 Å². The van der Waals surface area contributed by atoms with Crippen molar-refractivity contribution < 1.29 is 14.2 Å². The summed E-state index contributed by atoms with van der Waals surface area (Å²) >= 11 is 0. The van der Waals surface area contributed by atoms with Gasteiger partial charge in [-0.3, -0.25) is 0 Å². The van der Waals surface area contributed by atoms with E-state index in [2.05, 4.69) is 17.9 Å². The Hall–Kier alpha value is -1.07. The Morgan fingerprint density at radius 2 is 2.35 bits per heavy atom. The predicted octanol–water partition coefficient (Wildman–Crippen LogP) is 1.36. The molecule has 3 atom stereocenters. The summed E-state index contributed by atoms with van der Waals surface area (Å²) in [6.07, 6.45) is 10.2. The van der Waals surface area contributed by atoms with Gasteiger partial charge in [0.05, 0.1) is 12.7 Å². The Balaban J connectivity index is 2.41. The normalized spacial score (nSPS) is 26.6. The molecule has 0 aromatic heterocycles. The Bertz CT molecular complexity index is 431. The first kappa shape index (κ1) is 17.0. The summed E-state index contributed by atoms with van der Waals surface area (Å²) < 4.78 is 11.2. The minimum Gasteiger partial charge on any atom is -0.384 e. The van der Waals surface area contributed by atoms with Crippen LogP contribution in [0.25, 0.3) is 0 Å². The lowest BCUT2D eigenvalue weighted by molar-refractivity contribution is -0.0379. The summed E-state index contributed by atoms with van der Waals surface area (Å²) in [7, 11) is -0.532. The molecule has 0 aliphatic carbocycles. The number of nitrogens with zero attached hydrogens (tertiary/aromatic N) is 2. The van der Waals surface area contributed by atoms with Crippen molar-refractivity contribution in [1.82, 2.24) is 4.90 Å². The SMILES string of the molecule is C=C/N=C(N)\C=C/N(C)C1CCC(COP(=C)(C)O)O1. The zero-order valence-corrected chi connectivity index (χ0v) is 13.0. The third-order valence-corrected chi connectivity index (χ3v) is 3.50. The average molecular weight is 301 g/mol. The Labute approximate surface area is 120 Å². The molecule has 1 rings (SSSR count). The highest BCUT2D eigenvalue weighted by atomic mass is 31.2. The molecule has 114 valence electrons. The van der Waals surface area contributed by atoms with E-state index in [0.717, 1.165) is 12.8 Å². The van der Waals surface area contributed by atoms with Gasteiger partial charge < -0.3 is 24.8 Å². The van der Waals surface area contributed by atoms with Crippen LogP contribution in [-0.4, -0.2) is 54.6 Å². The van der Waals surface area contributed by atoms with Crippen LogP contribution in [0, 0.1) is 0 Å². The maximum absolute atomic E-state index is 9.51. The molecule has 0 aromatic carbocycles. The summed E-state index contributed by atoms with van der Waals surface area (Å²) in [5.74, 6) is 0.391. The van der Waals surface area contributed by atoms with Crippen LogP contribution in [0.5, 0.6) is 0 Å². The highest BCUT2D eigenvalue weighted by Gasteiger charge is 2.27. The van der Waals surface area contributed by atoms with Gasteiger partial charge in [-0.15, -0.1) is 0 Å². The first-order valence-corrected chi connectivity index (χ1v) is 8.69. The van der Waals surface area contributed by atoms with Crippen molar-refractivity contribution in [3.05, 3.63) is 25.1 Å². The van der Waals surface area contributed by atoms with Crippen molar-refractivity contribution in [1.29, 1.82) is 0 Å². The van der Waals surface area contributed by atoms with Gasteiger partial charge in [-0.2, -0.15) is 0 Å². The topological polar surface area (TPSA) is 80.3 Å². The van der Waals surface area contributed by atoms with Crippen molar-refractivity contribution in [3.8, 4) is 0 Å². The smallest absolute Gasteiger partial charge is 0.130 e. The Morgan fingerprint density at radius 1 is 1.65 bits per heavy atom. The van der Waals surface area contributed by atoms with Crippen molar-refractivity contribution in [2.75, 3.05) is 20.3 Å². The van der Waals surface area contributed by atoms with Gasteiger partial charge in [0, 0.05) is 26.1 Å². The molecule has 6 nitrogen and oxygen atoms in total. The van der Waals surface area contributed by atoms with E-state index >= 15 is 0 Å². The molecule has 0 amide bonds. The van der Waals surface area contributed by atoms with Crippen molar-refractivity contribution in [2.24, 2.45) is 10.7 Å². The summed E-state index contributed by atoms with van der Waals surface area (Å²) in [6.45, 7) is 5.46. The van der Waals surface area contributed by atoms with E-state index in [9.17, 15) is 4.89 Å². The molecule has 3 unspecified atom stereocenters. The van der Waals surface area contributed by atoms with Gasteiger partial charge in [-0.05, 0) is 18.9 Å². The van der Waals surface area contributed by atoms with Gasteiger partial charge in [-0.1, -0.05) is 12.9 Å². The van der Waals surface area contributed by atoms with E-state index in [1.807, 2.05) is 18.1 Å². The first-order valence-electron chi connectivity index (χ1n) is 6.40. The molecule has 1 heterocycles. The van der Waals surface area contributed by atoms with Crippen molar-refractivity contribution >= 4 is 19.5 Å². The summed E-state index contributed by atoms with van der Waals surface area (Å²) in [6, 6.07) is 0. The highest BCUT2D eigenvalue weighted by molar-refractivity contribution is 7.62. The second kappa shape index (κ2) is 7.64. The van der Waals surface area contributed by atoms with Crippen LogP contribution >= 0.6 is 7.34 Å². The molecule has 0 bridgehead atoms. The van der Waals surface area contributed by atoms with Crippen LogP contribution in [0.3, 0.4) is 0 Å². The molecule has 0 radical (unpaired) electrons. The van der Waals surface area contributed by atoms with E-state index < -0.39 is 7.34 Å². The molecular formula is C13H24N3O3P. The van der Waals surface area contributed by atoms with Gasteiger partial charge >= 0.3 is 0 Å². The van der Waals surface area contributed by atoms with Gasteiger partial charge in [0.1, 0.15) is 19.4 Å². The van der Waals surface area contributed by atoms with Gasteiger partial charge in [-0.25, -0.2) is 4.99 Å². The molecular weight excluding hydrogens is 277 g/mol. The highest BCUT2D eigenvalue weighted by Crippen LogP contribution is 2.37. The lowest BCUT2D eigenvalue weighted by Crippen LogP contribution is -2.28. The lowest BCUT2D eigenvalue weighted by atomic mass is 10.2. The fourth-order valence-electron chi connectivity index (χ4n) is 1.79. The summed E-state index contributed by atoms with van der Waals surface area (Å²) in [5.41, 5.74) is 5.63. The molecule has 0 saturated carbocycles. The minimum absolute atomic E-state index is 0.0109. The molecule has 1 aliphatic rings. The molecule has 0 spiro atoms. The van der Waals surface area contributed by atoms with Gasteiger partial charge in [0.25, 0.3) is 0 Å². The van der Waals surface area contributed by atoms with Gasteiger partial charge in [0.2, 0.25) is 0 Å². The quantitative estimate of drug-likeness (QED) is 0.421. The van der Waals surface area contributed by atoms with Crippen molar-refractivity contribution in [2.45, 2.75) is 25.2 Å². The fraction of sp³-hybridized carbons (Fsp3) is 0.538. The zero-order chi connectivity index (χ0) is 15.2. The second-order valence-corrected chi connectivity index (χ2v) is 7.21. The van der Waals surface area contributed by atoms with Gasteiger partial charge in [0.15, 0.2) is 0 Å². The maximum Gasteiger partial charge on any atom is 0.130 e. The van der Waals surface area contributed by atoms with Crippen LogP contribution in [0.1, 0.15) is 12.8 Å². The minimum atomic E-state index is -2.44. The van der Waals surface area contributed by atoms with Crippen LogP contribution in [-0.2, 0) is 9.26 Å². The molecule has 1 aliphatic heterocycles. The number of ether oxygens (including phenoxy) is 1. The van der Waals surface area contributed by atoms with Crippen LogP contribution < -0.4 is 5.73 Å². The molecule has 1 saturated heterocycles. The third-order valence-electron chi connectivity index (χ3n) is 2.80.